The van der Waals surface area contributed by atoms with Gasteiger partial charge in [0, 0.05) is 27.2 Å². The summed E-state index contributed by atoms with van der Waals surface area (Å²) in [6.07, 6.45) is 3.01. The van der Waals surface area contributed by atoms with E-state index in [2.05, 4.69) is 0 Å². The first-order chi connectivity index (χ1) is 9.88. The van der Waals surface area contributed by atoms with Crippen LogP contribution in [0, 0.1) is 0 Å². The van der Waals surface area contributed by atoms with Gasteiger partial charge in [-0.05, 0) is 19.8 Å². The van der Waals surface area contributed by atoms with Gasteiger partial charge in [0.1, 0.15) is 12.6 Å². The summed E-state index contributed by atoms with van der Waals surface area (Å²) in [5.74, 6) is -1.15. The Kier molecular flexibility index (Phi) is 6.45. The number of hydrogen-bond donors (Lipinski definition) is 1. The Morgan fingerprint density at radius 2 is 1.86 bits per heavy atom. The molecule has 21 heavy (non-hydrogen) atoms. The van der Waals surface area contributed by atoms with Crippen LogP contribution in [-0.2, 0) is 9.59 Å². The van der Waals surface area contributed by atoms with Crippen LogP contribution in [0.15, 0.2) is 0 Å². The highest BCUT2D eigenvalue weighted by Gasteiger charge is 2.33. The highest BCUT2D eigenvalue weighted by molar-refractivity contribution is 5.86. The summed E-state index contributed by atoms with van der Waals surface area (Å²) < 4.78 is 0. The van der Waals surface area contributed by atoms with Crippen molar-refractivity contribution >= 4 is 17.9 Å². The van der Waals surface area contributed by atoms with Gasteiger partial charge in [0.25, 0.3) is 0 Å². The molecule has 0 spiro atoms. The van der Waals surface area contributed by atoms with Crippen molar-refractivity contribution in [3.8, 4) is 0 Å². The van der Waals surface area contributed by atoms with Crippen LogP contribution in [0.1, 0.15) is 32.6 Å². The van der Waals surface area contributed by atoms with E-state index >= 15 is 0 Å². The Balaban J connectivity index is 2.84. The van der Waals surface area contributed by atoms with Crippen LogP contribution >= 0.6 is 0 Å². The zero-order chi connectivity index (χ0) is 16.0. The van der Waals surface area contributed by atoms with Crippen LogP contribution in [0.4, 0.5) is 4.79 Å². The van der Waals surface area contributed by atoms with Gasteiger partial charge in [-0.3, -0.25) is 4.79 Å². The first kappa shape index (κ1) is 17.3. The van der Waals surface area contributed by atoms with Crippen molar-refractivity contribution in [3.05, 3.63) is 0 Å². The lowest BCUT2D eigenvalue weighted by molar-refractivity contribution is -0.142. The van der Waals surface area contributed by atoms with Crippen molar-refractivity contribution in [1.82, 2.24) is 14.7 Å². The summed E-state index contributed by atoms with van der Waals surface area (Å²) in [4.78, 5) is 40.0. The van der Waals surface area contributed by atoms with Crippen LogP contribution in [0.2, 0.25) is 0 Å². The minimum Gasteiger partial charge on any atom is -0.480 e. The van der Waals surface area contributed by atoms with Crippen LogP contribution in [-0.4, -0.2) is 77.5 Å². The second-order valence-electron chi connectivity index (χ2n) is 5.48. The van der Waals surface area contributed by atoms with Gasteiger partial charge in [0.05, 0.1) is 0 Å². The van der Waals surface area contributed by atoms with Gasteiger partial charge in [0.2, 0.25) is 5.91 Å². The van der Waals surface area contributed by atoms with Gasteiger partial charge in [-0.1, -0.05) is 12.8 Å². The van der Waals surface area contributed by atoms with Crippen LogP contribution in [0.5, 0.6) is 0 Å². The Morgan fingerprint density at radius 1 is 1.19 bits per heavy atom. The number of aliphatic carboxylic acids is 1. The van der Waals surface area contributed by atoms with Crippen molar-refractivity contribution in [1.29, 1.82) is 0 Å². The molecule has 0 aliphatic carbocycles. The van der Waals surface area contributed by atoms with Gasteiger partial charge in [0.15, 0.2) is 0 Å². The number of carboxylic acids is 1. The maximum absolute atomic E-state index is 12.6. The predicted molar refractivity (Wildman–Crippen MR) is 77.9 cm³/mol. The summed E-state index contributed by atoms with van der Waals surface area (Å²) in [5.41, 5.74) is 0. The van der Waals surface area contributed by atoms with Gasteiger partial charge < -0.3 is 19.8 Å². The average Bonchev–Trinajstić information content (AvgIpc) is 2.69. The largest absolute Gasteiger partial charge is 0.480 e. The first-order valence-electron chi connectivity index (χ1n) is 7.37. The summed E-state index contributed by atoms with van der Waals surface area (Å²) in [7, 11) is 3.26. The molecular formula is C14H25N3O4. The number of amides is 3. The molecule has 3 amide bonds. The average molecular weight is 299 g/mol. The zero-order valence-electron chi connectivity index (χ0n) is 13.0. The number of carbonyl (C=O) groups is 3. The molecular weight excluding hydrogens is 274 g/mol. The van der Waals surface area contributed by atoms with E-state index in [0.29, 0.717) is 19.5 Å². The molecule has 1 atom stereocenters. The lowest BCUT2D eigenvalue weighted by Crippen LogP contribution is -2.52. The van der Waals surface area contributed by atoms with E-state index < -0.39 is 12.0 Å². The minimum atomic E-state index is -0.972. The number of hydrogen-bond acceptors (Lipinski definition) is 3. The Hall–Kier alpha value is -1.79. The Bertz CT molecular complexity index is 398. The SMILES string of the molecule is CCN(CC(=O)N(C)C)C(=O)N1CCCCCC1C(=O)O. The lowest BCUT2D eigenvalue weighted by atomic mass is 10.1. The molecule has 0 saturated carbocycles. The Morgan fingerprint density at radius 3 is 2.38 bits per heavy atom. The van der Waals surface area contributed by atoms with E-state index in [9.17, 15) is 19.5 Å². The smallest absolute Gasteiger partial charge is 0.326 e. The van der Waals surface area contributed by atoms with Crippen LogP contribution in [0.25, 0.3) is 0 Å². The van der Waals surface area contributed by atoms with Crippen molar-refractivity contribution in [2.45, 2.75) is 38.6 Å². The molecule has 0 bridgehead atoms. The van der Waals surface area contributed by atoms with Crippen LogP contribution < -0.4 is 0 Å². The van der Waals surface area contributed by atoms with Gasteiger partial charge >= 0.3 is 12.0 Å². The van der Waals surface area contributed by atoms with Crippen molar-refractivity contribution in [3.63, 3.8) is 0 Å². The third-order valence-electron chi connectivity index (χ3n) is 3.76. The molecule has 0 radical (unpaired) electrons. The van der Waals surface area contributed by atoms with Crippen LogP contribution in [0.3, 0.4) is 0 Å². The summed E-state index contributed by atoms with van der Waals surface area (Å²) >= 11 is 0. The van der Waals surface area contributed by atoms with E-state index in [-0.39, 0.29) is 18.5 Å². The molecule has 1 heterocycles. The minimum absolute atomic E-state index is 0.0226. The number of likely N-dealkylation sites (N-methyl/N-ethyl adjacent to an activating group) is 2. The van der Waals surface area contributed by atoms with E-state index in [4.69, 9.17) is 0 Å². The quantitative estimate of drug-likeness (QED) is 0.834. The maximum atomic E-state index is 12.6. The number of carbonyl (C=O) groups excluding carboxylic acids is 2. The van der Waals surface area contributed by atoms with Crippen molar-refractivity contribution < 1.29 is 19.5 Å². The second-order valence-corrected chi connectivity index (χ2v) is 5.48. The van der Waals surface area contributed by atoms with Gasteiger partial charge in [-0.2, -0.15) is 0 Å². The zero-order valence-corrected chi connectivity index (χ0v) is 13.0. The van der Waals surface area contributed by atoms with Crippen molar-refractivity contribution in [2.75, 3.05) is 33.7 Å². The topological polar surface area (TPSA) is 81.2 Å². The summed E-state index contributed by atoms with van der Waals surface area (Å²) in [6, 6.07) is -1.15. The molecule has 1 unspecified atom stereocenters. The molecule has 1 aliphatic heterocycles. The fraction of sp³-hybridized carbons (Fsp3) is 0.786. The normalized spacial score (nSPS) is 18.8. The number of carboxylic acid groups (broad SMARTS) is 1. The predicted octanol–water partition coefficient (Wildman–Crippen LogP) is 0.846. The van der Waals surface area contributed by atoms with Gasteiger partial charge in [-0.15, -0.1) is 0 Å². The fourth-order valence-corrected chi connectivity index (χ4v) is 2.40. The highest BCUT2D eigenvalue weighted by atomic mass is 16.4. The molecule has 1 rings (SSSR count). The third kappa shape index (κ3) is 4.61. The molecule has 0 aromatic carbocycles. The highest BCUT2D eigenvalue weighted by Crippen LogP contribution is 2.18. The molecule has 7 heteroatoms. The summed E-state index contributed by atoms with van der Waals surface area (Å²) in [5, 5.41) is 9.32. The first-order valence-corrected chi connectivity index (χ1v) is 7.37. The standard InChI is InChI=1S/C14H25N3O4/c1-4-16(10-12(18)15(2)3)14(21)17-9-7-5-6-8-11(17)13(19)20/h11H,4-10H2,1-3H3,(H,19,20). The summed E-state index contributed by atoms with van der Waals surface area (Å²) in [6.45, 7) is 2.57. The number of rotatable bonds is 4. The molecule has 1 aliphatic rings. The van der Waals surface area contributed by atoms with Crippen molar-refractivity contribution in [2.24, 2.45) is 0 Å². The third-order valence-corrected chi connectivity index (χ3v) is 3.76. The monoisotopic (exact) mass is 299 g/mol. The molecule has 0 aromatic rings. The Labute approximate surface area is 125 Å². The van der Waals surface area contributed by atoms with E-state index in [1.54, 1.807) is 21.0 Å². The molecule has 7 nitrogen and oxygen atoms in total. The number of urea groups is 1. The second kappa shape index (κ2) is 7.85. The fourth-order valence-electron chi connectivity index (χ4n) is 2.40. The number of likely N-dealkylation sites (tertiary alicyclic amines) is 1. The molecule has 1 saturated heterocycles. The molecule has 1 N–H and O–H groups in total. The number of nitrogens with zero attached hydrogens (tertiary/aromatic N) is 3. The van der Waals surface area contributed by atoms with Gasteiger partial charge in [-0.25, -0.2) is 9.59 Å². The maximum Gasteiger partial charge on any atom is 0.326 e. The molecule has 1 fully saturated rings. The lowest BCUT2D eigenvalue weighted by Gasteiger charge is -2.32. The van der Waals surface area contributed by atoms with E-state index in [0.717, 1.165) is 19.3 Å². The van der Waals surface area contributed by atoms with E-state index in [1.165, 1.54) is 14.7 Å². The van der Waals surface area contributed by atoms with E-state index in [1.807, 2.05) is 0 Å². The molecule has 0 aromatic heterocycles. The molecule has 120 valence electrons.